The van der Waals surface area contributed by atoms with E-state index in [1.165, 1.54) is 6.07 Å². The molecule has 2 rings (SSSR count). The van der Waals surface area contributed by atoms with Crippen molar-refractivity contribution >= 4 is 33.2 Å². The van der Waals surface area contributed by atoms with E-state index in [2.05, 4.69) is 21.2 Å². The third-order valence-electron chi connectivity index (χ3n) is 2.87. The van der Waals surface area contributed by atoms with Gasteiger partial charge in [-0.25, -0.2) is 0 Å². The van der Waals surface area contributed by atoms with Crippen molar-refractivity contribution in [2.45, 2.75) is 13.3 Å². The number of anilines is 1. The van der Waals surface area contributed by atoms with Gasteiger partial charge in [-0.05, 0) is 30.7 Å². The number of carbonyl (C=O) groups excluding carboxylic acids is 1. The lowest BCUT2D eigenvalue weighted by Crippen LogP contribution is -2.15. The summed E-state index contributed by atoms with van der Waals surface area (Å²) >= 11 is 3.36. The number of para-hydroxylation sites is 1. The van der Waals surface area contributed by atoms with Gasteiger partial charge >= 0.3 is 0 Å². The SMILES string of the molecule is Cc1cc(Br)cc(NC(=O)Cc2ccccc2[N+](=O)[O-])c1. The van der Waals surface area contributed by atoms with E-state index in [-0.39, 0.29) is 18.0 Å². The Hall–Kier alpha value is -2.21. The molecule has 0 saturated carbocycles. The van der Waals surface area contributed by atoms with Gasteiger partial charge in [-0.15, -0.1) is 0 Å². The summed E-state index contributed by atoms with van der Waals surface area (Å²) in [7, 11) is 0. The van der Waals surface area contributed by atoms with Crippen LogP contribution in [0.4, 0.5) is 11.4 Å². The van der Waals surface area contributed by atoms with Gasteiger partial charge in [0.25, 0.3) is 5.69 Å². The maximum Gasteiger partial charge on any atom is 0.273 e. The number of rotatable bonds is 4. The molecule has 1 N–H and O–H groups in total. The van der Waals surface area contributed by atoms with Crippen molar-refractivity contribution in [1.29, 1.82) is 0 Å². The molecule has 0 unspecified atom stereocenters. The fourth-order valence-electron chi connectivity index (χ4n) is 2.03. The van der Waals surface area contributed by atoms with Crippen LogP contribution >= 0.6 is 15.9 Å². The number of amides is 1. The number of nitrogens with one attached hydrogen (secondary N) is 1. The molecule has 0 bridgehead atoms. The maximum atomic E-state index is 12.0. The smallest absolute Gasteiger partial charge is 0.273 e. The second-order valence-electron chi connectivity index (χ2n) is 4.63. The molecule has 0 heterocycles. The van der Waals surface area contributed by atoms with Crippen molar-refractivity contribution in [1.82, 2.24) is 0 Å². The summed E-state index contributed by atoms with van der Waals surface area (Å²) in [6, 6.07) is 11.8. The Labute approximate surface area is 130 Å². The van der Waals surface area contributed by atoms with Crippen LogP contribution in [0.3, 0.4) is 0 Å². The van der Waals surface area contributed by atoms with Crippen molar-refractivity contribution in [3.63, 3.8) is 0 Å². The normalized spacial score (nSPS) is 10.2. The van der Waals surface area contributed by atoms with Crippen LogP contribution in [-0.4, -0.2) is 10.8 Å². The van der Waals surface area contributed by atoms with Gasteiger partial charge in [-0.2, -0.15) is 0 Å². The summed E-state index contributed by atoms with van der Waals surface area (Å²) in [5, 5.41) is 13.7. The summed E-state index contributed by atoms with van der Waals surface area (Å²) in [6.07, 6.45) is -0.0390. The lowest BCUT2D eigenvalue weighted by molar-refractivity contribution is -0.385. The Morgan fingerprint density at radius 2 is 2.00 bits per heavy atom. The minimum absolute atomic E-state index is 0.0390. The number of aryl methyl sites for hydroxylation is 1. The van der Waals surface area contributed by atoms with Crippen molar-refractivity contribution in [3.8, 4) is 0 Å². The zero-order chi connectivity index (χ0) is 15.4. The predicted octanol–water partition coefficient (Wildman–Crippen LogP) is 3.85. The Kier molecular flexibility index (Phi) is 4.70. The molecule has 1 amide bonds. The molecular formula is C15H13BrN2O3. The number of hydrogen-bond acceptors (Lipinski definition) is 3. The highest BCUT2D eigenvalue weighted by atomic mass is 79.9. The second kappa shape index (κ2) is 6.49. The van der Waals surface area contributed by atoms with Crippen molar-refractivity contribution < 1.29 is 9.72 Å². The summed E-state index contributed by atoms with van der Waals surface area (Å²) in [5.74, 6) is -0.290. The van der Waals surface area contributed by atoms with Gasteiger partial charge in [0.05, 0.1) is 11.3 Å². The summed E-state index contributed by atoms with van der Waals surface area (Å²) in [5.41, 5.74) is 2.01. The summed E-state index contributed by atoms with van der Waals surface area (Å²) in [4.78, 5) is 22.5. The third-order valence-corrected chi connectivity index (χ3v) is 3.32. The Balaban J connectivity index is 2.14. The number of benzene rings is 2. The average Bonchev–Trinajstić information content (AvgIpc) is 2.37. The lowest BCUT2D eigenvalue weighted by atomic mass is 10.1. The minimum atomic E-state index is -0.480. The highest BCUT2D eigenvalue weighted by molar-refractivity contribution is 9.10. The monoisotopic (exact) mass is 348 g/mol. The molecule has 0 aromatic heterocycles. The summed E-state index contributed by atoms with van der Waals surface area (Å²) < 4.78 is 0.864. The Bertz CT molecular complexity index is 681. The first kappa shape index (κ1) is 15.2. The molecule has 6 heteroatoms. The van der Waals surface area contributed by atoms with Crippen LogP contribution in [-0.2, 0) is 11.2 Å². The molecule has 0 saturated heterocycles. The molecule has 2 aromatic rings. The number of nitro groups is 1. The topological polar surface area (TPSA) is 72.2 Å². The Morgan fingerprint density at radius 3 is 2.67 bits per heavy atom. The summed E-state index contributed by atoms with van der Waals surface area (Å²) in [6.45, 7) is 1.92. The first-order valence-corrected chi connectivity index (χ1v) is 7.04. The lowest BCUT2D eigenvalue weighted by Gasteiger charge is -2.07. The fraction of sp³-hybridized carbons (Fsp3) is 0.133. The van der Waals surface area contributed by atoms with E-state index in [0.29, 0.717) is 11.3 Å². The van der Waals surface area contributed by atoms with Gasteiger partial charge in [0.15, 0.2) is 0 Å². The van der Waals surface area contributed by atoms with Crippen LogP contribution in [0.1, 0.15) is 11.1 Å². The Morgan fingerprint density at radius 1 is 1.29 bits per heavy atom. The average molecular weight is 349 g/mol. The standard InChI is InChI=1S/C15H13BrN2O3/c1-10-6-12(16)9-13(7-10)17-15(19)8-11-4-2-3-5-14(11)18(20)21/h2-7,9H,8H2,1H3,(H,17,19). The van der Waals surface area contributed by atoms with Gasteiger partial charge < -0.3 is 5.32 Å². The van der Waals surface area contributed by atoms with Crippen molar-refractivity contribution in [2.75, 3.05) is 5.32 Å². The van der Waals surface area contributed by atoms with E-state index in [4.69, 9.17) is 0 Å². The van der Waals surface area contributed by atoms with Crippen LogP contribution in [0.5, 0.6) is 0 Å². The quantitative estimate of drug-likeness (QED) is 0.673. The molecule has 5 nitrogen and oxygen atoms in total. The molecule has 0 atom stereocenters. The van der Waals surface area contributed by atoms with E-state index < -0.39 is 4.92 Å². The highest BCUT2D eigenvalue weighted by Crippen LogP contribution is 2.21. The first-order chi connectivity index (χ1) is 9.95. The number of nitro benzene ring substituents is 1. The van der Waals surface area contributed by atoms with E-state index in [1.54, 1.807) is 24.3 Å². The number of carbonyl (C=O) groups is 1. The third kappa shape index (κ3) is 4.13. The predicted molar refractivity (Wildman–Crippen MR) is 84.3 cm³/mol. The molecule has 21 heavy (non-hydrogen) atoms. The second-order valence-corrected chi connectivity index (χ2v) is 5.54. The van der Waals surface area contributed by atoms with E-state index in [1.807, 2.05) is 19.1 Å². The molecule has 0 aliphatic heterocycles. The van der Waals surface area contributed by atoms with Crippen LogP contribution in [0.25, 0.3) is 0 Å². The van der Waals surface area contributed by atoms with E-state index in [9.17, 15) is 14.9 Å². The van der Waals surface area contributed by atoms with Gasteiger partial charge in [0.2, 0.25) is 5.91 Å². The number of halogens is 1. The van der Waals surface area contributed by atoms with Gasteiger partial charge in [0.1, 0.15) is 0 Å². The molecule has 2 aromatic carbocycles. The zero-order valence-corrected chi connectivity index (χ0v) is 12.9. The number of hydrogen-bond donors (Lipinski definition) is 1. The van der Waals surface area contributed by atoms with E-state index >= 15 is 0 Å². The molecule has 0 aliphatic carbocycles. The van der Waals surface area contributed by atoms with Crippen LogP contribution in [0.2, 0.25) is 0 Å². The largest absolute Gasteiger partial charge is 0.326 e. The molecule has 0 aliphatic rings. The first-order valence-electron chi connectivity index (χ1n) is 6.25. The van der Waals surface area contributed by atoms with Gasteiger partial charge in [0, 0.05) is 21.8 Å². The molecule has 0 spiro atoms. The minimum Gasteiger partial charge on any atom is -0.326 e. The van der Waals surface area contributed by atoms with Gasteiger partial charge in [-0.3, -0.25) is 14.9 Å². The van der Waals surface area contributed by atoms with Crippen LogP contribution in [0.15, 0.2) is 46.9 Å². The van der Waals surface area contributed by atoms with Crippen LogP contribution in [0, 0.1) is 17.0 Å². The van der Waals surface area contributed by atoms with Crippen molar-refractivity contribution in [3.05, 3.63) is 68.2 Å². The highest BCUT2D eigenvalue weighted by Gasteiger charge is 2.15. The molecular weight excluding hydrogens is 336 g/mol. The van der Waals surface area contributed by atoms with Gasteiger partial charge in [-0.1, -0.05) is 34.1 Å². The van der Waals surface area contributed by atoms with E-state index in [0.717, 1.165) is 10.0 Å². The number of nitrogens with zero attached hydrogens (tertiary/aromatic N) is 1. The van der Waals surface area contributed by atoms with Crippen LogP contribution < -0.4 is 5.32 Å². The van der Waals surface area contributed by atoms with Crippen molar-refractivity contribution in [2.24, 2.45) is 0 Å². The molecule has 0 radical (unpaired) electrons. The molecule has 0 fully saturated rings. The zero-order valence-electron chi connectivity index (χ0n) is 11.3. The maximum absolute atomic E-state index is 12.0. The molecule has 108 valence electrons. The fourth-order valence-corrected chi connectivity index (χ4v) is 2.63.